The molecule has 0 bridgehead atoms. The molecular formula is C11H20N2S3. The van der Waals surface area contributed by atoms with E-state index in [0.717, 1.165) is 13.1 Å². The van der Waals surface area contributed by atoms with E-state index in [1.54, 1.807) is 11.3 Å². The molecule has 0 aliphatic heterocycles. The van der Waals surface area contributed by atoms with Crippen LogP contribution in [0, 0.1) is 0 Å². The summed E-state index contributed by atoms with van der Waals surface area (Å²) in [6, 6.07) is 0. The summed E-state index contributed by atoms with van der Waals surface area (Å²) in [7, 11) is 0. The van der Waals surface area contributed by atoms with Crippen LogP contribution in [0.15, 0.2) is 15.9 Å². The van der Waals surface area contributed by atoms with Crippen molar-refractivity contribution in [3.05, 3.63) is 11.6 Å². The van der Waals surface area contributed by atoms with Crippen LogP contribution >= 0.6 is 34.9 Å². The molecular weight excluding hydrogens is 256 g/mol. The lowest BCUT2D eigenvalue weighted by Crippen LogP contribution is -2.17. The Morgan fingerprint density at radius 2 is 2.12 bits per heavy atom. The lowest BCUT2D eigenvalue weighted by molar-refractivity contribution is 0.667. The van der Waals surface area contributed by atoms with Crippen LogP contribution in [0.2, 0.25) is 0 Å². The molecule has 0 aromatic carbocycles. The number of nitrogens with zero attached hydrogens (tertiary/aromatic N) is 1. The number of nitrogens with one attached hydrogen (secondary N) is 1. The molecule has 1 aromatic rings. The van der Waals surface area contributed by atoms with Gasteiger partial charge in [0.2, 0.25) is 0 Å². The van der Waals surface area contributed by atoms with Gasteiger partial charge in [0, 0.05) is 17.3 Å². The first-order chi connectivity index (χ1) is 7.93. The van der Waals surface area contributed by atoms with Gasteiger partial charge in [-0.05, 0) is 37.4 Å². The van der Waals surface area contributed by atoms with Crippen molar-refractivity contribution in [1.82, 2.24) is 10.3 Å². The molecule has 1 heterocycles. The molecule has 0 saturated carbocycles. The Balaban J connectivity index is 1.78. The largest absolute Gasteiger partial charge is 0.317 e. The zero-order valence-electron chi connectivity index (χ0n) is 9.78. The highest BCUT2D eigenvalue weighted by Crippen LogP contribution is 2.20. The fraction of sp³-hybridized carbons (Fsp3) is 0.727. The van der Waals surface area contributed by atoms with Gasteiger partial charge >= 0.3 is 0 Å². The summed E-state index contributed by atoms with van der Waals surface area (Å²) in [4.78, 5) is 4.24. The van der Waals surface area contributed by atoms with Crippen LogP contribution in [-0.2, 0) is 0 Å². The second-order valence-electron chi connectivity index (χ2n) is 3.30. The van der Waals surface area contributed by atoms with Crippen molar-refractivity contribution in [2.75, 3.05) is 30.3 Å². The monoisotopic (exact) mass is 276 g/mol. The molecule has 0 radical (unpaired) electrons. The normalized spacial score (nSPS) is 10.8. The summed E-state index contributed by atoms with van der Waals surface area (Å²) in [5.74, 6) is 3.70. The van der Waals surface area contributed by atoms with E-state index in [2.05, 4.69) is 17.2 Å². The molecule has 0 fully saturated rings. The topological polar surface area (TPSA) is 24.9 Å². The second-order valence-corrected chi connectivity index (χ2v) is 6.93. The predicted molar refractivity (Wildman–Crippen MR) is 77.9 cm³/mol. The first kappa shape index (κ1) is 14.4. The minimum Gasteiger partial charge on any atom is -0.317 e. The smallest absolute Gasteiger partial charge is 0.149 e. The van der Waals surface area contributed by atoms with Crippen molar-refractivity contribution in [2.24, 2.45) is 0 Å². The first-order valence-corrected chi connectivity index (χ1v) is 8.76. The Kier molecular flexibility index (Phi) is 9.37. The highest BCUT2D eigenvalue weighted by atomic mass is 32.2. The third-order valence-corrected chi connectivity index (χ3v) is 5.02. The average Bonchev–Trinajstić information content (AvgIpc) is 2.80. The molecule has 1 aromatic heterocycles. The van der Waals surface area contributed by atoms with Gasteiger partial charge in [-0.1, -0.05) is 18.7 Å². The molecule has 0 saturated heterocycles. The van der Waals surface area contributed by atoms with Gasteiger partial charge in [0.25, 0.3) is 0 Å². The average molecular weight is 276 g/mol. The number of rotatable bonds is 10. The summed E-state index contributed by atoms with van der Waals surface area (Å²) in [6.45, 7) is 4.51. The lowest BCUT2D eigenvalue weighted by atomic mass is 10.4. The zero-order chi connectivity index (χ0) is 11.5. The zero-order valence-corrected chi connectivity index (χ0v) is 12.2. The van der Waals surface area contributed by atoms with Crippen molar-refractivity contribution < 1.29 is 0 Å². The number of hydrogen-bond acceptors (Lipinski definition) is 5. The molecule has 1 N–H and O–H groups in total. The van der Waals surface area contributed by atoms with Gasteiger partial charge in [-0.15, -0.1) is 11.3 Å². The van der Waals surface area contributed by atoms with Crippen LogP contribution in [-0.4, -0.2) is 35.3 Å². The summed E-state index contributed by atoms with van der Waals surface area (Å²) in [6.07, 6.45) is 4.39. The number of hydrogen-bond donors (Lipinski definition) is 1. The minimum absolute atomic E-state index is 1.13. The van der Waals surface area contributed by atoms with E-state index < -0.39 is 0 Å². The lowest BCUT2D eigenvalue weighted by Gasteiger charge is -2.03. The fourth-order valence-electron chi connectivity index (χ4n) is 1.21. The summed E-state index contributed by atoms with van der Waals surface area (Å²) < 4.78 is 1.19. The van der Waals surface area contributed by atoms with E-state index in [9.17, 15) is 0 Å². The van der Waals surface area contributed by atoms with Crippen LogP contribution in [0.1, 0.15) is 19.8 Å². The van der Waals surface area contributed by atoms with Crippen molar-refractivity contribution in [2.45, 2.75) is 24.1 Å². The van der Waals surface area contributed by atoms with E-state index in [0.29, 0.717) is 0 Å². The summed E-state index contributed by atoms with van der Waals surface area (Å²) >= 11 is 5.61. The Labute approximate surface area is 111 Å². The minimum atomic E-state index is 1.13. The van der Waals surface area contributed by atoms with E-state index in [-0.39, 0.29) is 0 Å². The molecule has 16 heavy (non-hydrogen) atoms. The SMILES string of the molecule is CCSCCCNCCCSc1nccs1. The van der Waals surface area contributed by atoms with Crippen LogP contribution < -0.4 is 5.32 Å². The molecule has 92 valence electrons. The van der Waals surface area contributed by atoms with Gasteiger partial charge in [0.1, 0.15) is 4.34 Å². The van der Waals surface area contributed by atoms with E-state index in [1.807, 2.05) is 35.1 Å². The number of thioether (sulfide) groups is 2. The maximum Gasteiger partial charge on any atom is 0.149 e. The third kappa shape index (κ3) is 7.54. The highest BCUT2D eigenvalue weighted by Gasteiger charge is 1.95. The Morgan fingerprint density at radius 1 is 1.31 bits per heavy atom. The molecule has 0 unspecified atom stereocenters. The van der Waals surface area contributed by atoms with Crippen LogP contribution in [0.4, 0.5) is 0 Å². The molecule has 2 nitrogen and oxygen atoms in total. The van der Waals surface area contributed by atoms with Crippen molar-refractivity contribution in [3.8, 4) is 0 Å². The molecule has 5 heteroatoms. The Morgan fingerprint density at radius 3 is 2.81 bits per heavy atom. The maximum atomic E-state index is 4.24. The van der Waals surface area contributed by atoms with Crippen molar-refractivity contribution in [1.29, 1.82) is 0 Å². The third-order valence-electron chi connectivity index (χ3n) is 1.98. The van der Waals surface area contributed by atoms with Gasteiger partial charge in [-0.25, -0.2) is 4.98 Å². The quantitative estimate of drug-likeness (QED) is 0.523. The van der Waals surface area contributed by atoms with Crippen molar-refractivity contribution in [3.63, 3.8) is 0 Å². The summed E-state index contributed by atoms with van der Waals surface area (Å²) in [5.41, 5.74) is 0. The first-order valence-electron chi connectivity index (χ1n) is 5.74. The van der Waals surface area contributed by atoms with Gasteiger partial charge < -0.3 is 5.32 Å². The van der Waals surface area contributed by atoms with Crippen molar-refractivity contribution >= 4 is 34.9 Å². The van der Waals surface area contributed by atoms with Gasteiger partial charge in [-0.3, -0.25) is 0 Å². The fourth-order valence-corrected chi connectivity index (χ4v) is 3.49. The predicted octanol–water partition coefficient (Wildman–Crippen LogP) is 3.36. The highest BCUT2D eigenvalue weighted by molar-refractivity contribution is 8.01. The molecule has 0 aliphatic carbocycles. The molecule has 1 rings (SSSR count). The molecule has 0 aliphatic rings. The van der Waals surface area contributed by atoms with E-state index >= 15 is 0 Å². The number of aromatic nitrogens is 1. The molecule has 0 spiro atoms. The molecule has 0 atom stereocenters. The Bertz CT molecular complexity index is 239. The van der Waals surface area contributed by atoms with E-state index in [1.165, 1.54) is 34.4 Å². The summed E-state index contributed by atoms with van der Waals surface area (Å²) in [5, 5.41) is 5.51. The second kappa shape index (κ2) is 10.4. The standard InChI is InChI=1S/C11H20N2S3/c1-2-14-8-3-5-12-6-4-9-15-11-13-7-10-16-11/h7,10,12H,2-6,8-9H2,1H3. The maximum absolute atomic E-state index is 4.24. The van der Waals surface area contributed by atoms with Crippen LogP contribution in [0.5, 0.6) is 0 Å². The van der Waals surface area contributed by atoms with Crippen LogP contribution in [0.3, 0.4) is 0 Å². The van der Waals surface area contributed by atoms with Gasteiger partial charge in [0.05, 0.1) is 0 Å². The van der Waals surface area contributed by atoms with Gasteiger partial charge in [0.15, 0.2) is 0 Å². The van der Waals surface area contributed by atoms with Gasteiger partial charge in [-0.2, -0.15) is 11.8 Å². The number of thiazole rings is 1. The van der Waals surface area contributed by atoms with E-state index in [4.69, 9.17) is 0 Å². The molecule has 0 amide bonds. The Hall–Kier alpha value is 0.290. The van der Waals surface area contributed by atoms with Crippen LogP contribution in [0.25, 0.3) is 0 Å².